The van der Waals surface area contributed by atoms with Gasteiger partial charge in [0.2, 0.25) is 5.91 Å². The average molecular weight is 412 g/mol. The molecule has 2 amide bonds. The number of aryl methyl sites for hydroxylation is 1. The van der Waals surface area contributed by atoms with E-state index >= 15 is 0 Å². The van der Waals surface area contributed by atoms with Gasteiger partial charge < -0.3 is 10.6 Å². The lowest BCUT2D eigenvalue weighted by atomic mass is 9.93. The minimum Gasteiger partial charge on any atom is -0.366 e. The van der Waals surface area contributed by atoms with E-state index < -0.39 is 5.91 Å². The summed E-state index contributed by atoms with van der Waals surface area (Å²) in [6.07, 6.45) is 5.59. The smallest absolute Gasteiger partial charge is 0.251 e. The van der Waals surface area contributed by atoms with E-state index in [1.165, 1.54) is 18.2 Å². The van der Waals surface area contributed by atoms with Crippen molar-refractivity contribution >= 4 is 29.3 Å². The minimum atomic E-state index is -0.500. The van der Waals surface area contributed by atoms with E-state index in [1.807, 2.05) is 56.0 Å². The van der Waals surface area contributed by atoms with Crippen LogP contribution in [0.2, 0.25) is 0 Å². The third-order valence-electron chi connectivity index (χ3n) is 5.78. The number of primary amides is 1. The van der Waals surface area contributed by atoms with Crippen LogP contribution in [0.25, 0.3) is 0 Å². The number of aromatic nitrogens is 1. The molecular weight excluding hydrogens is 382 g/mol. The van der Waals surface area contributed by atoms with E-state index in [2.05, 4.69) is 4.98 Å². The molecule has 5 nitrogen and oxygen atoms in total. The fourth-order valence-corrected chi connectivity index (χ4v) is 4.99. The van der Waals surface area contributed by atoms with E-state index in [9.17, 15) is 9.59 Å². The molecule has 1 aliphatic rings. The first kappa shape index (κ1) is 21.4. The van der Waals surface area contributed by atoms with Gasteiger partial charge in [0, 0.05) is 17.4 Å². The second kappa shape index (κ2) is 9.44. The normalized spacial score (nSPS) is 14.6. The van der Waals surface area contributed by atoms with Gasteiger partial charge in [-0.3, -0.25) is 9.59 Å². The lowest BCUT2D eigenvalue weighted by molar-refractivity contribution is -0.116. The van der Waals surface area contributed by atoms with Crippen molar-refractivity contribution in [1.29, 1.82) is 0 Å². The Morgan fingerprint density at radius 3 is 2.34 bits per heavy atom. The molecule has 29 heavy (non-hydrogen) atoms. The number of nitrogens with zero attached hydrogens (tertiary/aromatic N) is 2. The summed E-state index contributed by atoms with van der Waals surface area (Å²) in [7, 11) is 0. The van der Waals surface area contributed by atoms with Crippen LogP contribution in [0.15, 0.2) is 35.4 Å². The Labute approximate surface area is 177 Å². The molecular formula is C23H29N3O2S. The maximum atomic E-state index is 13.3. The molecule has 3 rings (SSSR count). The summed E-state index contributed by atoms with van der Waals surface area (Å²) in [4.78, 5) is 31.8. The molecule has 0 radical (unpaired) electrons. The molecule has 2 aromatic rings. The molecule has 2 N–H and O–H groups in total. The molecule has 6 heteroatoms. The highest BCUT2D eigenvalue weighted by atomic mass is 32.2. The number of pyridine rings is 1. The second-order valence-corrected chi connectivity index (χ2v) is 8.64. The zero-order chi connectivity index (χ0) is 21.0. The topological polar surface area (TPSA) is 76.3 Å². The van der Waals surface area contributed by atoms with Crippen molar-refractivity contribution in [1.82, 2.24) is 4.98 Å². The van der Waals surface area contributed by atoms with Crippen LogP contribution in [0.1, 0.15) is 59.3 Å². The number of benzene rings is 1. The molecule has 154 valence electrons. The molecule has 1 heterocycles. The molecule has 1 fully saturated rings. The molecule has 0 unspecified atom stereocenters. The molecule has 0 bridgehead atoms. The summed E-state index contributed by atoms with van der Waals surface area (Å²) in [5, 5.41) is 0.545. The van der Waals surface area contributed by atoms with Crippen LogP contribution in [0.4, 0.5) is 5.69 Å². The largest absolute Gasteiger partial charge is 0.366 e. The lowest BCUT2D eigenvalue weighted by Crippen LogP contribution is -2.42. The van der Waals surface area contributed by atoms with Crippen molar-refractivity contribution in [2.75, 3.05) is 10.7 Å². The predicted molar refractivity (Wildman–Crippen MR) is 118 cm³/mol. The fraction of sp³-hybridized carbons (Fsp3) is 0.435. The van der Waals surface area contributed by atoms with E-state index in [0.29, 0.717) is 10.6 Å². The first-order valence-electron chi connectivity index (χ1n) is 10.2. The summed E-state index contributed by atoms with van der Waals surface area (Å²) >= 11 is 1.30. The molecule has 0 aliphatic heterocycles. The summed E-state index contributed by atoms with van der Waals surface area (Å²) in [5.74, 6) is -0.234. The molecule has 0 spiro atoms. The van der Waals surface area contributed by atoms with Crippen molar-refractivity contribution in [3.63, 3.8) is 0 Å². The maximum absolute atomic E-state index is 13.3. The Bertz CT molecular complexity index is 893. The third kappa shape index (κ3) is 4.81. The highest BCUT2D eigenvalue weighted by Crippen LogP contribution is 2.31. The van der Waals surface area contributed by atoms with Gasteiger partial charge in [0.1, 0.15) is 5.03 Å². The number of rotatable bonds is 6. The molecule has 0 saturated heterocycles. The minimum absolute atomic E-state index is 0.0428. The molecule has 1 aromatic heterocycles. The highest BCUT2D eigenvalue weighted by molar-refractivity contribution is 8.00. The van der Waals surface area contributed by atoms with E-state index in [1.54, 1.807) is 0 Å². The monoisotopic (exact) mass is 411 g/mol. The quantitative estimate of drug-likeness (QED) is 0.707. The Kier molecular flexibility index (Phi) is 6.96. The zero-order valence-corrected chi connectivity index (χ0v) is 18.2. The number of amides is 2. The average Bonchev–Trinajstić information content (AvgIpc) is 2.72. The van der Waals surface area contributed by atoms with Crippen LogP contribution in [0.3, 0.4) is 0 Å². The van der Waals surface area contributed by atoms with Gasteiger partial charge in [-0.1, -0.05) is 49.2 Å². The number of nitrogens with two attached hydrogens (primary N) is 1. The number of carbonyl (C=O) groups is 2. The van der Waals surface area contributed by atoms with Gasteiger partial charge in [-0.2, -0.15) is 0 Å². The van der Waals surface area contributed by atoms with Crippen molar-refractivity contribution in [3.8, 4) is 0 Å². The van der Waals surface area contributed by atoms with Gasteiger partial charge in [0.05, 0.1) is 11.3 Å². The standard InChI is InChI=1S/C23H29N3O2S/c1-15-16(2)21(22(24)28)23(25-17(15)3)29-14-20(27)26(18-10-6-4-7-11-18)19-12-8-5-9-13-19/h4,6-7,10-11,19H,5,8-9,12-14H2,1-3H3,(H2,24,28). The Morgan fingerprint density at radius 2 is 1.72 bits per heavy atom. The van der Waals surface area contributed by atoms with E-state index in [0.717, 1.165) is 48.2 Å². The van der Waals surface area contributed by atoms with Crippen molar-refractivity contribution in [2.24, 2.45) is 5.73 Å². The van der Waals surface area contributed by atoms with Crippen LogP contribution >= 0.6 is 11.8 Å². The van der Waals surface area contributed by atoms with E-state index in [-0.39, 0.29) is 17.7 Å². The summed E-state index contributed by atoms with van der Waals surface area (Å²) < 4.78 is 0. The van der Waals surface area contributed by atoms with Crippen molar-refractivity contribution in [2.45, 2.75) is 63.9 Å². The van der Waals surface area contributed by atoms with Crippen LogP contribution < -0.4 is 10.6 Å². The van der Waals surface area contributed by atoms with Crippen molar-refractivity contribution in [3.05, 3.63) is 52.7 Å². The van der Waals surface area contributed by atoms with Gasteiger partial charge in [-0.15, -0.1) is 0 Å². The predicted octanol–water partition coefficient (Wildman–Crippen LogP) is 4.56. The van der Waals surface area contributed by atoms with Crippen molar-refractivity contribution < 1.29 is 9.59 Å². The van der Waals surface area contributed by atoms with Gasteiger partial charge in [-0.25, -0.2) is 4.98 Å². The summed E-state index contributed by atoms with van der Waals surface area (Å²) in [6.45, 7) is 5.73. The van der Waals surface area contributed by atoms with Gasteiger partial charge in [0.25, 0.3) is 5.91 Å². The van der Waals surface area contributed by atoms with Gasteiger partial charge >= 0.3 is 0 Å². The zero-order valence-electron chi connectivity index (χ0n) is 17.4. The Hall–Kier alpha value is -2.34. The van der Waals surface area contributed by atoms with Crippen LogP contribution in [0.5, 0.6) is 0 Å². The fourth-order valence-electron chi connectivity index (χ4n) is 3.99. The number of anilines is 1. The number of thioether (sulfide) groups is 1. The maximum Gasteiger partial charge on any atom is 0.251 e. The summed E-state index contributed by atoms with van der Waals surface area (Å²) in [5.41, 5.74) is 9.64. The van der Waals surface area contributed by atoms with Crippen LogP contribution in [-0.2, 0) is 4.79 Å². The Balaban J connectivity index is 1.85. The molecule has 0 atom stereocenters. The highest BCUT2D eigenvalue weighted by Gasteiger charge is 2.27. The number of hydrogen-bond acceptors (Lipinski definition) is 4. The molecule has 1 saturated carbocycles. The Morgan fingerprint density at radius 1 is 1.07 bits per heavy atom. The first-order valence-corrected chi connectivity index (χ1v) is 11.2. The number of carbonyl (C=O) groups excluding carboxylic acids is 2. The first-order chi connectivity index (χ1) is 13.9. The SMILES string of the molecule is Cc1nc(SCC(=O)N(c2ccccc2)C2CCCCC2)c(C(N)=O)c(C)c1C. The van der Waals surface area contributed by atoms with Crippen LogP contribution in [0, 0.1) is 20.8 Å². The lowest BCUT2D eigenvalue weighted by Gasteiger charge is -2.34. The third-order valence-corrected chi connectivity index (χ3v) is 6.75. The second-order valence-electron chi connectivity index (χ2n) is 7.67. The summed E-state index contributed by atoms with van der Waals surface area (Å²) in [6, 6.07) is 10.1. The van der Waals surface area contributed by atoms with E-state index in [4.69, 9.17) is 5.73 Å². The van der Waals surface area contributed by atoms with Gasteiger partial charge in [0.15, 0.2) is 0 Å². The van der Waals surface area contributed by atoms with Gasteiger partial charge in [-0.05, 0) is 56.9 Å². The molecule has 1 aliphatic carbocycles. The van der Waals surface area contributed by atoms with Crippen LogP contribution in [-0.4, -0.2) is 28.6 Å². The molecule has 1 aromatic carbocycles. The number of para-hydroxylation sites is 1. The number of hydrogen-bond donors (Lipinski definition) is 1.